The molecule has 6 nitrogen and oxygen atoms in total. The van der Waals surface area contributed by atoms with E-state index in [9.17, 15) is 0 Å². The Balaban J connectivity index is 2.32. The van der Waals surface area contributed by atoms with Crippen LogP contribution >= 0.6 is 0 Å². The van der Waals surface area contributed by atoms with E-state index >= 15 is 0 Å². The van der Waals surface area contributed by atoms with E-state index < -0.39 is 0 Å². The minimum absolute atomic E-state index is 0.123. The number of rotatable bonds is 4. The van der Waals surface area contributed by atoms with Crippen LogP contribution in [0.2, 0.25) is 0 Å². The fourth-order valence-corrected chi connectivity index (χ4v) is 1.56. The van der Waals surface area contributed by atoms with Gasteiger partial charge in [-0.15, -0.1) is 0 Å². The third kappa shape index (κ3) is 2.90. The molecule has 0 saturated carbocycles. The number of nitrogen functional groups attached to an aromatic ring is 1. The lowest BCUT2D eigenvalue weighted by Crippen LogP contribution is -1.96. The van der Waals surface area contributed by atoms with Crippen LogP contribution in [0, 0.1) is 11.3 Å². The van der Waals surface area contributed by atoms with Crippen LogP contribution < -0.4 is 19.9 Å². The minimum Gasteiger partial charge on any atom is -0.496 e. The van der Waals surface area contributed by atoms with E-state index in [0.29, 0.717) is 22.9 Å². The van der Waals surface area contributed by atoms with Crippen molar-refractivity contribution in [3.8, 4) is 29.2 Å². The molecule has 2 rings (SSSR count). The van der Waals surface area contributed by atoms with Crippen molar-refractivity contribution in [2.24, 2.45) is 0 Å². The van der Waals surface area contributed by atoms with Gasteiger partial charge >= 0.3 is 0 Å². The SMILES string of the molecule is COc1cc(OC)cc(Oc2ccc(N)c(C#N)n2)c1. The monoisotopic (exact) mass is 271 g/mol. The zero-order chi connectivity index (χ0) is 14.5. The molecule has 0 amide bonds. The quantitative estimate of drug-likeness (QED) is 0.917. The molecule has 2 N–H and O–H groups in total. The molecule has 2 aromatic rings. The van der Waals surface area contributed by atoms with Gasteiger partial charge in [-0.2, -0.15) is 5.26 Å². The van der Waals surface area contributed by atoms with Crippen LogP contribution in [0.3, 0.4) is 0 Å². The van der Waals surface area contributed by atoms with Gasteiger partial charge in [-0.1, -0.05) is 0 Å². The molecule has 0 unspecified atom stereocenters. The Hall–Kier alpha value is -2.94. The molecule has 102 valence electrons. The Morgan fingerprint density at radius 3 is 2.20 bits per heavy atom. The highest BCUT2D eigenvalue weighted by atomic mass is 16.5. The van der Waals surface area contributed by atoms with Gasteiger partial charge in [0.2, 0.25) is 5.88 Å². The molecule has 0 fully saturated rings. The predicted octanol–water partition coefficient (Wildman–Crippen LogP) is 2.34. The third-order valence-electron chi connectivity index (χ3n) is 2.55. The maximum absolute atomic E-state index is 8.89. The van der Waals surface area contributed by atoms with Crippen LogP contribution in [0.15, 0.2) is 30.3 Å². The highest BCUT2D eigenvalue weighted by molar-refractivity contribution is 5.51. The van der Waals surface area contributed by atoms with E-state index in [4.69, 9.17) is 25.2 Å². The van der Waals surface area contributed by atoms with Crippen molar-refractivity contribution < 1.29 is 14.2 Å². The van der Waals surface area contributed by atoms with Gasteiger partial charge in [0.15, 0.2) is 5.69 Å². The lowest BCUT2D eigenvalue weighted by Gasteiger charge is -2.09. The second kappa shape index (κ2) is 5.80. The fourth-order valence-electron chi connectivity index (χ4n) is 1.56. The summed E-state index contributed by atoms with van der Waals surface area (Å²) in [6.45, 7) is 0. The van der Waals surface area contributed by atoms with E-state index in [0.717, 1.165) is 0 Å². The number of aromatic nitrogens is 1. The minimum atomic E-state index is 0.123. The van der Waals surface area contributed by atoms with Gasteiger partial charge in [0.1, 0.15) is 23.3 Å². The van der Waals surface area contributed by atoms with E-state index in [1.165, 1.54) is 0 Å². The van der Waals surface area contributed by atoms with Crippen LogP contribution in [0.4, 0.5) is 5.69 Å². The largest absolute Gasteiger partial charge is 0.496 e. The van der Waals surface area contributed by atoms with Crippen molar-refractivity contribution in [3.63, 3.8) is 0 Å². The molecule has 20 heavy (non-hydrogen) atoms. The number of nitriles is 1. The highest BCUT2D eigenvalue weighted by Gasteiger charge is 2.07. The van der Waals surface area contributed by atoms with Gasteiger partial charge in [0.05, 0.1) is 19.9 Å². The zero-order valence-electron chi connectivity index (χ0n) is 11.1. The van der Waals surface area contributed by atoms with Crippen LogP contribution in [-0.2, 0) is 0 Å². The summed E-state index contributed by atoms with van der Waals surface area (Å²) in [5.74, 6) is 1.94. The first-order valence-electron chi connectivity index (χ1n) is 5.74. The highest BCUT2D eigenvalue weighted by Crippen LogP contribution is 2.30. The van der Waals surface area contributed by atoms with Crippen LogP contribution in [-0.4, -0.2) is 19.2 Å². The van der Waals surface area contributed by atoms with E-state index in [-0.39, 0.29) is 11.6 Å². The van der Waals surface area contributed by atoms with Gasteiger partial charge in [0, 0.05) is 24.3 Å². The van der Waals surface area contributed by atoms with Crippen LogP contribution in [0.25, 0.3) is 0 Å². The number of benzene rings is 1. The van der Waals surface area contributed by atoms with Gasteiger partial charge in [-0.05, 0) is 6.07 Å². The fraction of sp³-hybridized carbons (Fsp3) is 0.143. The van der Waals surface area contributed by atoms with Crippen LogP contribution in [0.5, 0.6) is 23.1 Å². The van der Waals surface area contributed by atoms with Crippen LogP contribution in [0.1, 0.15) is 5.69 Å². The summed E-state index contributed by atoms with van der Waals surface area (Å²) in [6.07, 6.45) is 0. The molecule has 0 spiro atoms. The Labute approximate surface area is 116 Å². The first kappa shape index (κ1) is 13.5. The molecule has 0 aliphatic heterocycles. The van der Waals surface area contributed by atoms with Crippen molar-refractivity contribution in [2.75, 3.05) is 20.0 Å². The van der Waals surface area contributed by atoms with Crippen molar-refractivity contribution in [3.05, 3.63) is 36.0 Å². The number of ether oxygens (including phenoxy) is 3. The number of nitrogens with zero attached hydrogens (tertiary/aromatic N) is 2. The maximum Gasteiger partial charge on any atom is 0.220 e. The molecule has 0 radical (unpaired) electrons. The van der Waals surface area contributed by atoms with Gasteiger partial charge in [-0.25, -0.2) is 4.98 Å². The molecule has 1 aromatic heterocycles. The average molecular weight is 271 g/mol. The summed E-state index contributed by atoms with van der Waals surface area (Å²) in [5, 5.41) is 8.89. The van der Waals surface area contributed by atoms with Gasteiger partial charge in [-0.3, -0.25) is 0 Å². The summed E-state index contributed by atoms with van der Waals surface area (Å²) in [7, 11) is 3.10. The zero-order valence-corrected chi connectivity index (χ0v) is 11.1. The van der Waals surface area contributed by atoms with E-state index in [2.05, 4.69) is 4.98 Å². The number of pyridine rings is 1. The Morgan fingerprint density at radius 2 is 1.65 bits per heavy atom. The van der Waals surface area contributed by atoms with Crippen molar-refractivity contribution >= 4 is 5.69 Å². The first-order valence-corrected chi connectivity index (χ1v) is 5.74. The third-order valence-corrected chi connectivity index (χ3v) is 2.55. The summed E-state index contributed by atoms with van der Waals surface area (Å²) >= 11 is 0. The molecule has 0 aliphatic rings. The topological polar surface area (TPSA) is 90.4 Å². The average Bonchev–Trinajstić information content (AvgIpc) is 2.48. The standard InChI is InChI=1S/C14H13N3O3/c1-18-9-5-10(19-2)7-11(6-9)20-14-4-3-12(16)13(8-15)17-14/h3-7H,16H2,1-2H3. The Kier molecular flexibility index (Phi) is 3.91. The second-order valence-corrected chi connectivity index (χ2v) is 3.85. The molecule has 1 heterocycles. The Morgan fingerprint density at radius 1 is 1.05 bits per heavy atom. The molecule has 0 bridgehead atoms. The van der Waals surface area contributed by atoms with Gasteiger partial charge in [0.25, 0.3) is 0 Å². The number of hydrogen-bond acceptors (Lipinski definition) is 6. The number of nitrogens with two attached hydrogens (primary N) is 1. The molecule has 6 heteroatoms. The number of anilines is 1. The van der Waals surface area contributed by atoms with Crippen molar-refractivity contribution in [1.29, 1.82) is 5.26 Å². The smallest absolute Gasteiger partial charge is 0.220 e. The molecule has 0 aliphatic carbocycles. The van der Waals surface area contributed by atoms with Gasteiger partial charge < -0.3 is 19.9 Å². The number of hydrogen-bond donors (Lipinski definition) is 1. The number of methoxy groups -OCH3 is 2. The molecular formula is C14H13N3O3. The summed E-state index contributed by atoms with van der Waals surface area (Å²) in [5.41, 5.74) is 6.04. The summed E-state index contributed by atoms with van der Waals surface area (Å²) < 4.78 is 15.9. The summed E-state index contributed by atoms with van der Waals surface area (Å²) in [4.78, 5) is 4.01. The van der Waals surface area contributed by atoms with Crippen molar-refractivity contribution in [2.45, 2.75) is 0 Å². The normalized spacial score (nSPS) is 9.65. The maximum atomic E-state index is 8.89. The molecule has 0 saturated heterocycles. The van der Waals surface area contributed by atoms with E-state index in [1.807, 2.05) is 6.07 Å². The van der Waals surface area contributed by atoms with Crippen molar-refractivity contribution in [1.82, 2.24) is 4.98 Å². The molecule has 1 aromatic carbocycles. The van der Waals surface area contributed by atoms with E-state index in [1.54, 1.807) is 44.6 Å². The summed E-state index contributed by atoms with van der Waals surface area (Å²) in [6, 6.07) is 10.2. The molecular weight excluding hydrogens is 258 g/mol. The Bertz CT molecular complexity index is 643. The second-order valence-electron chi connectivity index (χ2n) is 3.85. The lowest BCUT2D eigenvalue weighted by atomic mass is 10.3. The molecule has 0 atom stereocenters. The predicted molar refractivity (Wildman–Crippen MR) is 73.0 cm³/mol. The lowest BCUT2D eigenvalue weighted by molar-refractivity contribution is 0.385. The first-order chi connectivity index (χ1) is 9.66.